The lowest BCUT2D eigenvalue weighted by atomic mass is 9.87. The van der Waals surface area contributed by atoms with E-state index >= 15 is 0 Å². The SMILES string of the molecule is COc1ccc(C(C)(C)C)cc1NC(=O)c1cc(C2CC2)on1. The average Bonchev–Trinajstić information content (AvgIpc) is 3.23. The largest absolute Gasteiger partial charge is 0.495 e. The van der Waals surface area contributed by atoms with Gasteiger partial charge in [0.2, 0.25) is 0 Å². The molecule has 0 spiro atoms. The van der Waals surface area contributed by atoms with Gasteiger partial charge in [-0.1, -0.05) is 32.0 Å². The zero-order valence-electron chi connectivity index (χ0n) is 14.0. The maximum atomic E-state index is 12.4. The van der Waals surface area contributed by atoms with E-state index in [1.807, 2.05) is 18.2 Å². The molecule has 5 heteroatoms. The van der Waals surface area contributed by atoms with E-state index < -0.39 is 0 Å². The van der Waals surface area contributed by atoms with Gasteiger partial charge in [0, 0.05) is 12.0 Å². The Bertz CT molecular complexity index is 724. The van der Waals surface area contributed by atoms with Crippen LogP contribution in [0.1, 0.15) is 61.3 Å². The third-order valence-corrected chi connectivity index (χ3v) is 4.05. The summed E-state index contributed by atoms with van der Waals surface area (Å²) in [5.41, 5.74) is 2.04. The molecule has 0 unspecified atom stereocenters. The molecule has 1 aromatic carbocycles. The molecule has 1 aromatic heterocycles. The minimum Gasteiger partial charge on any atom is -0.495 e. The van der Waals surface area contributed by atoms with Gasteiger partial charge in [0.25, 0.3) is 5.91 Å². The van der Waals surface area contributed by atoms with E-state index in [1.165, 1.54) is 0 Å². The number of hydrogen-bond donors (Lipinski definition) is 1. The van der Waals surface area contributed by atoms with Crippen molar-refractivity contribution < 1.29 is 14.1 Å². The van der Waals surface area contributed by atoms with Gasteiger partial charge >= 0.3 is 0 Å². The van der Waals surface area contributed by atoms with Crippen molar-refractivity contribution in [3.63, 3.8) is 0 Å². The van der Waals surface area contributed by atoms with Crippen LogP contribution in [0, 0.1) is 0 Å². The molecular weight excluding hydrogens is 292 g/mol. The summed E-state index contributed by atoms with van der Waals surface area (Å²) < 4.78 is 10.6. The highest BCUT2D eigenvalue weighted by atomic mass is 16.5. The Balaban J connectivity index is 1.83. The normalized spacial score (nSPS) is 14.6. The van der Waals surface area contributed by atoms with Crippen LogP contribution in [0.4, 0.5) is 5.69 Å². The van der Waals surface area contributed by atoms with Crippen molar-refractivity contribution in [2.75, 3.05) is 12.4 Å². The molecule has 1 saturated carbocycles. The fourth-order valence-electron chi connectivity index (χ4n) is 2.42. The summed E-state index contributed by atoms with van der Waals surface area (Å²) >= 11 is 0. The lowest BCUT2D eigenvalue weighted by Crippen LogP contribution is -2.15. The van der Waals surface area contributed by atoms with Crippen molar-refractivity contribution in [1.82, 2.24) is 5.16 Å². The number of benzene rings is 1. The fraction of sp³-hybridized carbons (Fsp3) is 0.444. The Morgan fingerprint density at radius 3 is 2.65 bits per heavy atom. The van der Waals surface area contributed by atoms with E-state index in [4.69, 9.17) is 9.26 Å². The van der Waals surface area contributed by atoms with Gasteiger partial charge in [0.05, 0.1) is 12.8 Å². The van der Waals surface area contributed by atoms with Crippen LogP contribution < -0.4 is 10.1 Å². The summed E-state index contributed by atoms with van der Waals surface area (Å²) in [6, 6.07) is 7.55. The first-order valence-electron chi connectivity index (χ1n) is 7.85. The third-order valence-electron chi connectivity index (χ3n) is 4.05. The number of ether oxygens (including phenoxy) is 1. The van der Waals surface area contributed by atoms with E-state index in [2.05, 4.69) is 31.2 Å². The highest BCUT2D eigenvalue weighted by Gasteiger charge is 2.29. The van der Waals surface area contributed by atoms with Crippen LogP contribution in [0.15, 0.2) is 28.8 Å². The van der Waals surface area contributed by atoms with E-state index in [1.54, 1.807) is 13.2 Å². The third kappa shape index (κ3) is 3.38. The topological polar surface area (TPSA) is 64.4 Å². The van der Waals surface area contributed by atoms with E-state index in [0.717, 1.165) is 24.2 Å². The summed E-state index contributed by atoms with van der Waals surface area (Å²) in [5, 5.41) is 6.75. The molecule has 0 saturated heterocycles. The second-order valence-electron chi connectivity index (χ2n) is 7.01. The molecule has 1 aliphatic rings. The molecule has 0 radical (unpaired) electrons. The van der Waals surface area contributed by atoms with Gasteiger partial charge in [0.15, 0.2) is 5.69 Å². The molecule has 0 bridgehead atoms. The van der Waals surface area contributed by atoms with Gasteiger partial charge in [0.1, 0.15) is 11.5 Å². The van der Waals surface area contributed by atoms with Crippen LogP contribution in [-0.4, -0.2) is 18.2 Å². The van der Waals surface area contributed by atoms with Gasteiger partial charge in [-0.2, -0.15) is 0 Å². The molecule has 1 aliphatic carbocycles. The Labute approximate surface area is 136 Å². The van der Waals surface area contributed by atoms with Gasteiger partial charge in [-0.3, -0.25) is 4.79 Å². The molecule has 0 aliphatic heterocycles. The van der Waals surface area contributed by atoms with Crippen LogP contribution in [0.2, 0.25) is 0 Å². The number of nitrogens with one attached hydrogen (secondary N) is 1. The number of nitrogens with zero attached hydrogens (tertiary/aromatic N) is 1. The van der Waals surface area contributed by atoms with Crippen molar-refractivity contribution >= 4 is 11.6 Å². The second-order valence-corrected chi connectivity index (χ2v) is 7.01. The standard InChI is InChI=1S/C18H22N2O3/c1-18(2,3)12-7-8-15(22-4)13(9-12)19-17(21)14-10-16(23-20-14)11-5-6-11/h7-11H,5-6H2,1-4H3,(H,19,21). The first kappa shape index (κ1) is 15.6. The van der Waals surface area contributed by atoms with E-state index in [9.17, 15) is 4.79 Å². The van der Waals surface area contributed by atoms with Crippen LogP contribution in [0.3, 0.4) is 0 Å². The predicted molar refractivity (Wildman–Crippen MR) is 88.1 cm³/mol. The minimum absolute atomic E-state index is 0.0151. The van der Waals surface area contributed by atoms with Crippen molar-refractivity contribution in [2.45, 2.75) is 44.9 Å². The lowest BCUT2D eigenvalue weighted by Gasteiger charge is -2.21. The zero-order chi connectivity index (χ0) is 16.6. The highest BCUT2D eigenvalue weighted by molar-refractivity contribution is 6.03. The summed E-state index contributed by atoms with van der Waals surface area (Å²) in [6.45, 7) is 6.37. The first-order valence-corrected chi connectivity index (χ1v) is 7.85. The molecule has 23 heavy (non-hydrogen) atoms. The molecule has 0 atom stereocenters. The highest BCUT2D eigenvalue weighted by Crippen LogP contribution is 2.40. The molecular formula is C18H22N2O3. The Hall–Kier alpha value is -2.30. The van der Waals surface area contributed by atoms with Crippen molar-refractivity contribution in [2.24, 2.45) is 0 Å². The van der Waals surface area contributed by atoms with Crippen LogP contribution in [0.5, 0.6) is 5.75 Å². The Morgan fingerprint density at radius 2 is 2.04 bits per heavy atom. The van der Waals surface area contributed by atoms with Crippen molar-refractivity contribution in [3.05, 3.63) is 41.3 Å². The molecule has 122 valence electrons. The Morgan fingerprint density at radius 1 is 1.30 bits per heavy atom. The van der Waals surface area contributed by atoms with Gasteiger partial charge in [-0.25, -0.2) is 0 Å². The summed E-state index contributed by atoms with van der Waals surface area (Å²) in [6.07, 6.45) is 2.22. The molecule has 3 rings (SSSR count). The van der Waals surface area contributed by atoms with Crippen molar-refractivity contribution in [3.8, 4) is 5.75 Å². The Kier molecular flexibility index (Phi) is 3.88. The molecule has 1 N–H and O–H groups in total. The maximum Gasteiger partial charge on any atom is 0.277 e. The number of methoxy groups -OCH3 is 1. The van der Waals surface area contributed by atoms with Gasteiger partial charge < -0.3 is 14.6 Å². The molecule has 1 amide bonds. The maximum absolute atomic E-state index is 12.4. The zero-order valence-corrected chi connectivity index (χ0v) is 14.0. The number of aromatic nitrogens is 1. The first-order chi connectivity index (χ1) is 10.9. The molecule has 2 aromatic rings. The van der Waals surface area contributed by atoms with Crippen LogP contribution >= 0.6 is 0 Å². The van der Waals surface area contributed by atoms with Gasteiger partial charge in [-0.15, -0.1) is 0 Å². The average molecular weight is 314 g/mol. The molecule has 5 nitrogen and oxygen atoms in total. The number of anilines is 1. The quantitative estimate of drug-likeness (QED) is 0.922. The monoisotopic (exact) mass is 314 g/mol. The minimum atomic E-state index is -0.287. The van der Waals surface area contributed by atoms with Crippen LogP contribution in [0.25, 0.3) is 0 Å². The molecule has 1 heterocycles. The number of carbonyl (C=O) groups excluding carboxylic acids is 1. The van der Waals surface area contributed by atoms with Gasteiger partial charge in [-0.05, 0) is 36.0 Å². The number of carbonyl (C=O) groups is 1. The lowest BCUT2D eigenvalue weighted by molar-refractivity contribution is 0.101. The predicted octanol–water partition coefficient (Wildman–Crippen LogP) is 4.11. The fourth-order valence-corrected chi connectivity index (χ4v) is 2.42. The molecule has 1 fully saturated rings. The van der Waals surface area contributed by atoms with Crippen LogP contribution in [-0.2, 0) is 5.41 Å². The number of rotatable bonds is 4. The summed E-state index contributed by atoms with van der Waals surface area (Å²) in [7, 11) is 1.59. The second kappa shape index (κ2) is 5.72. The number of amides is 1. The summed E-state index contributed by atoms with van der Waals surface area (Å²) in [4.78, 5) is 12.4. The number of hydrogen-bond acceptors (Lipinski definition) is 4. The van der Waals surface area contributed by atoms with E-state index in [-0.39, 0.29) is 11.3 Å². The van der Waals surface area contributed by atoms with E-state index in [0.29, 0.717) is 23.0 Å². The summed E-state index contributed by atoms with van der Waals surface area (Å²) in [5.74, 6) is 1.57. The van der Waals surface area contributed by atoms with Crippen molar-refractivity contribution in [1.29, 1.82) is 0 Å². The smallest absolute Gasteiger partial charge is 0.277 e.